The topological polar surface area (TPSA) is 57.3 Å². The number of rotatable bonds is 6. The van der Waals surface area contributed by atoms with Gasteiger partial charge in [0.05, 0.1) is 5.56 Å². The largest absolute Gasteiger partial charge is 0.352 e. The summed E-state index contributed by atoms with van der Waals surface area (Å²) in [6.07, 6.45) is 3.88. The summed E-state index contributed by atoms with van der Waals surface area (Å²) in [6, 6.07) is 13.7. The van der Waals surface area contributed by atoms with Gasteiger partial charge in [-0.1, -0.05) is 18.2 Å². The van der Waals surface area contributed by atoms with E-state index in [0.29, 0.717) is 11.5 Å². The fraction of sp³-hybridized carbons (Fsp3) is 0.368. The summed E-state index contributed by atoms with van der Waals surface area (Å²) in [4.78, 5) is 18.6. The highest BCUT2D eigenvalue weighted by atomic mass is 16.1. The minimum absolute atomic E-state index is 0.0534. The van der Waals surface area contributed by atoms with E-state index in [9.17, 15) is 4.79 Å². The number of nitrogens with one attached hydrogen (secondary N) is 2. The van der Waals surface area contributed by atoms with Gasteiger partial charge in [0.25, 0.3) is 5.91 Å². The zero-order chi connectivity index (χ0) is 16.8. The van der Waals surface area contributed by atoms with Crippen molar-refractivity contribution in [1.29, 1.82) is 0 Å². The quantitative estimate of drug-likeness (QED) is 0.857. The molecular formula is C19H24N4O. The molecule has 1 aromatic carbocycles. The lowest BCUT2D eigenvalue weighted by Crippen LogP contribution is -2.26. The summed E-state index contributed by atoms with van der Waals surface area (Å²) < 4.78 is 0. The smallest absolute Gasteiger partial charge is 0.252 e. The molecule has 2 N–H and O–H groups in total. The third-order valence-electron chi connectivity index (χ3n) is 4.50. The molecule has 5 nitrogen and oxygen atoms in total. The summed E-state index contributed by atoms with van der Waals surface area (Å²) in [6.45, 7) is 2.88. The Balaban J connectivity index is 1.54. The number of para-hydroxylation sites is 1. The Hall–Kier alpha value is -2.40. The van der Waals surface area contributed by atoms with Crippen molar-refractivity contribution in [2.75, 3.05) is 31.6 Å². The fourth-order valence-corrected chi connectivity index (χ4v) is 2.96. The van der Waals surface area contributed by atoms with Crippen LogP contribution >= 0.6 is 0 Å². The number of pyridine rings is 1. The first-order chi connectivity index (χ1) is 11.7. The molecule has 1 fully saturated rings. The minimum Gasteiger partial charge on any atom is -0.352 e. The third kappa shape index (κ3) is 4.11. The number of hydrogen-bond acceptors (Lipinski definition) is 4. The molecule has 2 heterocycles. The molecule has 1 atom stereocenters. The summed E-state index contributed by atoms with van der Waals surface area (Å²) >= 11 is 0. The Morgan fingerprint density at radius 3 is 2.79 bits per heavy atom. The Kier molecular flexibility index (Phi) is 5.43. The molecule has 1 amide bonds. The lowest BCUT2D eigenvalue weighted by Gasteiger charge is -2.18. The van der Waals surface area contributed by atoms with Gasteiger partial charge in [-0.25, -0.2) is 4.98 Å². The van der Waals surface area contributed by atoms with Gasteiger partial charge < -0.3 is 15.5 Å². The number of nitrogens with zero attached hydrogens (tertiary/aromatic N) is 2. The van der Waals surface area contributed by atoms with Crippen LogP contribution in [0.5, 0.6) is 0 Å². The minimum atomic E-state index is -0.0534. The van der Waals surface area contributed by atoms with Crippen LogP contribution in [-0.2, 0) is 0 Å². The second-order valence-electron chi connectivity index (χ2n) is 6.20. The van der Waals surface area contributed by atoms with Crippen molar-refractivity contribution in [2.24, 2.45) is 5.92 Å². The number of carbonyl (C=O) groups excluding carboxylic acids is 1. The zero-order valence-corrected chi connectivity index (χ0v) is 14.0. The van der Waals surface area contributed by atoms with E-state index in [2.05, 4.69) is 15.6 Å². The van der Waals surface area contributed by atoms with Crippen LogP contribution in [0.25, 0.3) is 0 Å². The maximum atomic E-state index is 12.2. The molecule has 24 heavy (non-hydrogen) atoms. The van der Waals surface area contributed by atoms with Crippen molar-refractivity contribution in [3.63, 3.8) is 0 Å². The summed E-state index contributed by atoms with van der Waals surface area (Å²) in [7, 11) is 1.97. The van der Waals surface area contributed by atoms with Crippen molar-refractivity contribution in [3.05, 3.63) is 54.2 Å². The lowest BCUT2D eigenvalue weighted by atomic mass is 10.1. The van der Waals surface area contributed by atoms with Crippen LogP contribution in [0.3, 0.4) is 0 Å². The number of amides is 1. The Morgan fingerprint density at radius 1 is 1.29 bits per heavy atom. The van der Waals surface area contributed by atoms with Crippen LogP contribution in [0.4, 0.5) is 11.5 Å². The first-order valence-corrected chi connectivity index (χ1v) is 8.48. The van der Waals surface area contributed by atoms with Crippen molar-refractivity contribution in [1.82, 2.24) is 15.6 Å². The van der Waals surface area contributed by atoms with E-state index in [4.69, 9.17) is 0 Å². The van der Waals surface area contributed by atoms with E-state index in [1.807, 2.05) is 54.4 Å². The molecule has 0 spiro atoms. The molecule has 0 saturated carbocycles. The number of carbonyl (C=O) groups is 1. The van der Waals surface area contributed by atoms with E-state index in [1.165, 1.54) is 6.42 Å². The van der Waals surface area contributed by atoms with Gasteiger partial charge in [-0.15, -0.1) is 0 Å². The van der Waals surface area contributed by atoms with Crippen molar-refractivity contribution < 1.29 is 4.79 Å². The van der Waals surface area contributed by atoms with Crippen molar-refractivity contribution in [2.45, 2.75) is 12.8 Å². The standard InChI is InChI=1S/C19H24N4O/c1-23(17-5-3-2-4-6-17)18-8-7-16(14-22-18)19(24)21-12-10-15-9-11-20-13-15/h2-8,14-15,20H,9-13H2,1H3,(H,21,24). The molecule has 1 aliphatic rings. The van der Waals surface area contributed by atoms with Crippen LogP contribution in [-0.4, -0.2) is 37.6 Å². The molecule has 126 valence electrons. The molecule has 0 radical (unpaired) electrons. The van der Waals surface area contributed by atoms with E-state index in [-0.39, 0.29) is 5.91 Å². The molecule has 3 rings (SSSR count). The van der Waals surface area contributed by atoms with Gasteiger partial charge in [0.2, 0.25) is 0 Å². The molecule has 5 heteroatoms. The molecule has 0 aliphatic carbocycles. The highest BCUT2D eigenvalue weighted by Gasteiger charge is 2.14. The van der Waals surface area contributed by atoms with Crippen molar-refractivity contribution in [3.8, 4) is 0 Å². The summed E-state index contributed by atoms with van der Waals surface area (Å²) in [5, 5.41) is 6.33. The molecule has 0 bridgehead atoms. The first-order valence-electron chi connectivity index (χ1n) is 8.48. The number of anilines is 2. The summed E-state index contributed by atoms with van der Waals surface area (Å²) in [5.74, 6) is 1.45. The van der Waals surface area contributed by atoms with Gasteiger partial charge in [0.15, 0.2) is 0 Å². The van der Waals surface area contributed by atoms with Crippen LogP contribution in [0.2, 0.25) is 0 Å². The Bertz CT molecular complexity index is 651. The zero-order valence-electron chi connectivity index (χ0n) is 14.0. The summed E-state index contributed by atoms with van der Waals surface area (Å²) in [5.41, 5.74) is 1.66. The van der Waals surface area contributed by atoms with Crippen LogP contribution in [0.1, 0.15) is 23.2 Å². The van der Waals surface area contributed by atoms with Gasteiger partial charge in [0, 0.05) is 25.5 Å². The molecule has 2 aromatic rings. The maximum absolute atomic E-state index is 12.2. The van der Waals surface area contributed by atoms with Gasteiger partial charge in [-0.3, -0.25) is 4.79 Å². The molecule has 1 aliphatic heterocycles. The number of hydrogen-bond donors (Lipinski definition) is 2. The normalized spacial score (nSPS) is 16.8. The van der Waals surface area contributed by atoms with Gasteiger partial charge in [0.1, 0.15) is 5.82 Å². The lowest BCUT2D eigenvalue weighted by molar-refractivity contribution is 0.0951. The van der Waals surface area contributed by atoms with Crippen molar-refractivity contribution >= 4 is 17.4 Å². The SMILES string of the molecule is CN(c1ccccc1)c1ccc(C(=O)NCCC2CCNC2)cn1. The second kappa shape index (κ2) is 7.93. The number of aromatic nitrogens is 1. The molecule has 1 unspecified atom stereocenters. The molecule has 1 aromatic heterocycles. The highest BCUT2D eigenvalue weighted by Crippen LogP contribution is 2.20. The number of benzene rings is 1. The third-order valence-corrected chi connectivity index (χ3v) is 4.50. The fourth-order valence-electron chi connectivity index (χ4n) is 2.96. The first kappa shape index (κ1) is 16.5. The van der Waals surface area contributed by atoms with E-state index >= 15 is 0 Å². The second-order valence-corrected chi connectivity index (χ2v) is 6.20. The average molecular weight is 324 g/mol. The molecular weight excluding hydrogens is 300 g/mol. The van der Waals surface area contributed by atoms with Gasteiger partial charge in [-0.2, -0.15) is 0 Å². The van der Waals surface area contributed by atoms with Crippen LogP contribution < -0.4 is 15.5 Å². The van der Waals surface area contributed by atoms with E-state index < -0.39 is 0 Å². The van der Waals surface area contributed by atoms with Gasteiger partial charge in [-0.05, 0) is 56.1 Å². The predicted octanol–water partition coefficient (Wildman–Crippen LogP) is 2.58. The Labute approximate surface area is 143 Å². The van der Waals surface area contributed by atoms with E-state index in [0.717, 1.165) is 37.6 Å². The Morgan fingerprint density at radius 2 is 2.12 bits per heavy atom. The van der Waals surface area contributed by atoms with Crippen LogP contribution in [0, 0.1) is 5.92 Å². The average Bonchev–Trinajstić information content (AvgIpc) is 3.15. The van der Waals surface area contributed by atoms with E-state index in [1.54, 1.807) is 6.20 Å². The predicted molar refractivity (Wildman–Crippen MR) is 96.7 cm³/mol. The van der Waals surface area contributed by atoms with Crippen LogP contribution in [0.15, 0.2) is 48.7 Å². The molecule has 1 saturated heterocycles. The highest BCUT2D eigenvalue weighted by molar-refractivity contribution is 5.94. The van der Waals surface area contributed by atoms with Gasteiger partial charge >= 0.3 is 0 Å². The maximum Gasteiger partial charge on any atom is 0.252 e. The monoisotopic (exact) mass is 324 g/mol.